The number of allylic oxidation sites excluding steroid dienone is 1. The molecule has 2 N–H and O–H groups in total. The Morgan fingerprint density at radius 2 is 1.33 bits per heavy atom. The Balaban J connectivity index is 1.46. The van der Waals surface area contributed by atoms with Gasteiger partial charge in [-0.1, -0.05) is 36.4 Å². The molecule has 0 aliphatic heterocycles. The number of nitrogens with zero attached hydrogens (tertiary/aromatic N) is 2. The molecule has 0 atom stereocenters. The summed E-state index contributed by atoms with van der Waals surface area (Å²) < 4.78 is 0. The van der Waals surface area contributed by atoms with Crippen LogP contribution in [0.3, 0.4) is 0 Å². The highest BCUT2D eigenvalue weighted by atomic mass is 16.1. The number of rotatable bonds is 4. The molecule has 0 bridgehead atoms. The molecular weight excluding hydrogens is 336 g/mol. The Hall–Kier alpha value is -3.73. The van der Waals surface area contributed by atoms with Crippen molar-refractivity contribution >= 4 is 39.1 Å². The van der Waals surface area contributed by atoms with Crippen molar-refractivity contribution in [3.63, 3.8) is 0 Å². The smallest absolute Gasteiger partial charge is 0.250 e. The summed E-state index contributed by atoms with van der Waals surface area (Å²) in [5.74, 6) is -0.217. The van der Waals surface area contributed by atoms with Gasteiger partial charge in [-0.15, -0.1) is 0 Å². The van der Waals surface area contributed by atoms with Crippen LogP contribution in [0.1, 0.15) is 6.92 Å². The number of aromatic nitrogens is 2. The average molecular weight is 354 g/mol. The average Bonchev–Trinajstić information content (AvgIpc) is 2.67. The lowest BCUT2D eigenvalue weighted by Gasteiger charge is -2.08. The minimum Gasteiger partial charge on any atom is -0.358 e. The molecule has 0 radical (unpaired) electrons. The second-order valence-corrected chi connectivity index (χ2v) is 6.27. The van der Waals surface area contributed by atoms with E-state index in [0.717, 1.165) is 33.2 Å². The third-order valence-electron chi connectivity index (χ3n) is 4.14. The van der Waals surface area contributed by atoms with Gasteiger partial charge in [0.25, 0.3) is 0 Å². The van der Waals surface area contributed by atoms with Crippen molar-refractivity contribution in [1.82, 2.24) is 9.97 Å². The van der Waals surface area contributed by atoms with Gasteiger partial charge in [0, 0.05) is 22.5 Å². The van der Waals surface area contributed by atoms with Crippen molar-refractivity contribution < 1.29 is 4.79 Å². The molecule has 2 aromatic carbocycles. The number of para-hydroxylation sites is 2. The number of carbonyl (C=O) groups excluding carboxylic acids is 1. The van der Waals surface area contributed by atoms with Gasteiger partial charge in [-0.2, -0.15) is 0 Å². The lowest BCUT2D eigenvalue weighted by Crippen LogP contribution is -2.10. The van der Waals surface area contributed by atoms with E-state index in [0.29, 0.717) is 5.69 Å². The minimum absolute atomic E-state index is 0.217. The first-order valence-electron chi connectivity index (χ1n) is 8.63. The molecule has 132 valence electrons. The second kappa shape index (κ2) is 7.25. The van der Waals surface area contributed by atoms with E-state index in [9.17, 15) is 4.79 Å². The molecule has 0 spiro atoms. The highest BCUT2D eigenvalue weighted by molar-refractivity contribution is 6.01. The lowest BCUT2D eigenvalue weighted by atomic mass is 10.2. The van der Waals surface area contributed by atoms with Gasteiger partial charge in [-0.05, 0) is 31.2 Å². The molecule has 4 aromatic rings. The third kappa shape index (κ3) is 3.93. The van der Waals surface area contributed by atoms with Crippen LogP contribution in [0.5, 0.6) is 0 Å². The molecule has 0 fully saturated rings. The standard InChI is InChI=1S/C22H18N4O/c1-15(25-18-11-16-6-2-4-8-20(16)23-13-18)10-22(27)26-19-12-17-7-3-5-9-21(17)24-14-19/h2-14,25H,1H3,(H,26,27)/b15-10+. The molecule has 0 aliphatic carbocycles. The summed E-state index contributed by atoms with van der Waals surface area (Å²) in [4.78, 5) is 21.1. The van der Waals surface area contributed by atoms with E-state index in [2.05, 4.69) is 20.6 Å². The Bertz CT molecular complexity index is 1170. The Kier molecular flexibility index (Phi) is 4.49. The molecule has 0 saturated carbocycles. The number of anilines is 2. The molecule has 5 nitrogen and oxygen atoms in total. The first-order chi connectivity index (χ1) is 13.2. The van der Waals surface area contributed by atoms with Gasteiger partial charge in [0.05, 0.1) is 34.8 Å². The summed E-state index contributed by atoms with van der Waals surface area (Å²) in [5, 5.41) is 8.08. The molecule has 0 unspecified atom stereocenters. The molecule has 5 heteroatoms. The van der Waals surface area contributed by atoms with Crippen molar-refractivity contribution in [1.29, 1.82) is 0 Å². The molecule has 0 saturated heterocycles. The minimum atomic E-state index is -0.217. The first kappa shape index (κ1) is 16.7. The maximum absolute atomic E-state index is 12.3. The number of hydrogen-bond acceptors (Lipinski definition) is 4. The summed E-state index contributed by atoms with van der Waals surface area (Å²) in [6.45, 7) is 1.84. The van der Waals surface area contributed by atoms with Gasteiger partial charge in [0.15, 0.2) is 0 Å². The number of carbonyl (C=O) groups is 1. The fourth-order valence-corrected chi connectivity index (χ4v) is 2.92. The zero-order valence-corrected chi connectivity index (χ0v) is 14.8. The number of fused-ring (bicyclic) bond motifs is 2. The number of benzene rings is 2. The largest absolute Gasteiger partial charge is 0.358 e. The molecular formula is C22H18N4O. The monoisotopic (exact) mass is 354 g/mol. The van der Waals surface area contributed by atoms with E-state index in [1.54, 1.807) is 12.4 Å². The van der Waals surface area contributed by atoms with Gasteiger partial charge in [0.1, 0.15) is 0 Å². The van der Waals surface area contributed by atoms with Crippen LogP contribution < -0.4 is 10.6 Å². The van der Waals surface area contributed by atoms with Crippen LogP contribution in [0.25, 0.3) is 21.8 Å². The van der Waals surface area contributed by atoms with Crippen LogP contribution in [-0.4, -0.2) is 15.9 Å². The van der Waals surface area contributed by atoms with E-state index >= 15 is 0 Å². The van der Waals surface area contributed by atoms with Crippen LogP contribution in [0, 0.1) is 0 Å². The summed E-state index contributed by atoms with van der Waals surface area (Å²) in [6.07, 6.45) is 4.93. The summed E-state index contributed by atoms with van der Waals surface area (Å²) in [7, 11) is 0. The molecule has 2 heterocycles. The maximum Gasteiger partial charge on any atom is 0.250 e. The molecule has 2 aromatic heterocycles. The van der Waals surface area contributed by atoms with E-state index in [4.69, 9.17) is 0 Å². The van der Waals surface area contributed by atoms with E-state index in [1.807, 2.05) is 67.6 Å². The van der Waals surface area contributed by atoms with Crippen molar-refractivity contribution in [2.45, 2.75) is 6.92 Å². The topological polar surface area (TPSA) is 66.9 Å². The lowest BCUT2D eigenvalue weighted by molar-refractivity contribution is -0.111. The fourth-order valence-electron chi connectivity index (χ4n) is 2.92. The molecule has 27 heavy (non-hydrogen) atoms. The van der Waals surface area contributed by atoms with Crippen molar-refractivity contribution in [2.24, 2.45) is 0 Å². The molecule has 0 aliphatic rings. The summed E-state index contributed by atoms with van der Waals surface area (Å²) in [5.41, 5.74) is 4.05. The normalized spacial score (nSPS) is 11.5. The number of amides is 1. The Morgan fingerprint density at radius 3 is 1.93 bits per heavy atom. The SMILES string of the molecule is C/C(=C\C(=O)Nc1cnc2ccccc2c1)Nc1cnc2ccccc2c1. The third-order valence-corrected chi connectivity index (χ3v) is 4.14. The highest BCUT2D eigenvalue weighted by Gasteiger charge is 2.03. The second-order valence-electron chi connectivity index (χ2n) is 6.27. The van der Waals surface area contributed by atoms with Crippen LogP contribution in [-0.2, 0) is 4.79 Å². The van der Waals surface area contributed by atoms with Crippen LogP contribution in [0.2, 0.25) is 0 Å². The van der Waals surface area contributed by atoms with E-state index < -0.39 is 0 Å². The highest BCUT2D eigenvalue weighted by Crippen LogP contribution is 2.18. The number of nitrogens with one attached hydrogen (secondary N) is 2. The van der Waals surface area contributed by atoms with Crippen molar-refractivity contribution in [3.8, 4) is 0 Å². The van der Waals surface area contributed by atoms with Crippen LogP contribution in [0.15, 0.2) is 84.8 Å². The van der Waals surface area contributed by atoms with Gasteiger partial charge in [-0.3, -0.25) is 14.8 Å². The molecule has 4 rings (SSSR count). The van der Waals surface area contributed by atoms with Gasteiger partial charge in [0.2, 0.25) is 5.91 Å². The number of pyridine rings is 2. The fraction of sp³-hybridized carbons (Fsp3) is 0.0455. The van der Waals surface area contributed by atoms with Crippen LogP contribution in [0.4, 0.5) is 11.4 Å². The van der Waals surface area contributed by atoms with Crippen LogP contribution >= 0.6 is 0 Å². The number of hydrogen-bond donors (Lipinski definition) is 2. The van der Waals surface area contributed by atoms with Gasteiger partial charge < -0.3 is 10.6 Å². The van der Waals surface area contributed by atoms with E-state index in [1.165, 1.54) is 6.08 Å². The predicted molar refractivity (Wildman–Crippen MR) is 109 cm³/mol. The zero-order chi connectivity index (χ0) is 18.6. The summed E-state index contributed by atoms with van der Waals surface area (Å²) >= 11 is 0. The maximum atomic E-state index is 12.3. The predicted octanol–water partition coefficient (Wildman–Crippen LogP) is 4.74. The van der Waals surface area contributed by atoms with Gasteiger partial charge in [-0.25, -0.2) is 0 Å². The Labute approximate surface area is 156 Å². The van der Waals surface area contributed by atoms with E-state index in [-0.39, 0.29) is 5.91 Å². The molecule has 1 amide bonds. The van der Waals surface area contributed by atoms with Gasteiger partial charge >= 0.3 is 0 Å². The van der Waals surface area contributed by atoms with Crippen molar-refractivity contribution in [2.75, 3.05) is 10.6 Å². The first-order valence-corrected chi connectivity index (χ1v) is 8.63. The quantitative estimate of drug-likeness (QED) is 0.520. The Morgan fingerprint density at radius 1 is 0.815 bits per heavy atom. The summed E-state index contributed by atoms with van der Waals surface area (Å²) in [6, 6.07) is 19.6. The zero-order valence-electron chi connectivity index (χ0n) is 14.8. The van der Waals surface area contributed by atoms with Crippen molar-refractivity contribution in [3.05, 3.63) is 84.8 Å².